The molecule has 1 aliphatic rings. The van der Waals surface area contributed by atoms with Crippen LogP contribution in [0.1, 0.15) is 19.8 Å². The summed E-state index contributed by atoms with van der Waals surface area (Å²) in [5, 5.41) is 3.39. The SMILES string of the molecule is C[C@@H](C(=O)NC1CCN(C)CC1)N(c1cccc(Cl)c1)S(C)(=O)=O. The number of amides is 1. The molecule has 1 amide bonds. The largest absolute Gasteiger partial charge is 0.351 e. The molecular weight excluding hydrogens is 350 g/mol. The molecule has 1 fully saturated rings. The summed E-state index contributed by atoms with van der Waals surface area (Å²) in [5.41, 5.74) is 0.385. The molecule has 2 rings (SSSR count). The Kier molecular flexibility index (Phi) is 6.11. The van der Waals surface area contributed by atoms with Gasteiger partial charge in [0.1, 0.15) is 6.04 Å². The number of carbonyl (C=O) groups excluding carboxylic acids is 1. The number of benzene rings is 1. The third-order valence-electron chi connectivity index (χ3n) is 4.22. The summed E-state index contributed by atoms with van der Waals surface area (Å²) in [7, 11) is -1.58. The summed E-state index contributed by atoms with van der Waals surface area (Å²) in [5.74, 6) is -0.296. The Morgan fingerprint density at radius 1 is 1.38 bits per heavy atom. The monoisotopic (exact) mass is 373 g/mol. The van der Waals surface area contributed by atoms with E-state index in [-0.39, 0.29) is 11.9 Å². The van der Waals surface area contributed by atoms with Crippen LogP contribution in [-0.2, 0) is 14.8 Å². The lowest BCUT2D eigenvalue weighted by Gasteiger charge is -2.33. The van der Waals surface area contributed by atoms with Gasteiger partial charge in [-0.1, -0.05) is 17.7 Å². The van der Waals surface area contributed by atoms with Crippen LogP contribution >= 0.6 is 11.6 Å². The summed E-state index contributed by atoms with van der Waals surface area (Å²) in [6.07, 6.45) is 2.82. The molecule has 0 bridgehead atoms. The van der Waals surface area contributed by atoms with Crippen LogP contribution in [0.5, 0.6) is 0 Å². The van der Waals surface area contributed by atoms with Crippen molar-refractivity contribution in [2.24, 2.45) is 0 Å². The standard InChI is InChI=1S/C16H24ClN3O3S/c1-12(16(21)18-14-7-9-19(2)10-8-14)20(24(3,22)23)15-6-4-5-13(17)11-15/h4-6,11-12,14H,7-10H2,1-3H3,(H,18,21)/t12-/m0/s1. The molecule has 0 saturated carbocycles. The summed E-state index contributed by atoms with van der Waals surface area (Å²) in [4.78, 5) is 14.8. The normalized spacial score (nSPS) is 18.2. The molecule has 24 heavy (non-hydrogen) atoms. The molecular formula is C16H24ClN3O3S. The van der Waals surface area contributed by atoms with Gasteiger partial charge in [-0.15, -0.1) is 0 Å². The number of sulfonamides is 1. The summed E-state index contributed by atoms with van der Waals surface area (Å²) < 4.78 is 25.6. The third kappa shape index (κ3) is 4.84. The number of nitrogens with one attached hydrogen (secondary N) is 1. The van der Waals surface area contributed by atoms with Gasteiger partial charge in [0.05, 0.1) is 11.9 Å². The van der Waals surface area contributed by atoms with Gasteiger partial charge >= 0.3 is 0 Å². The second-order valence-corrected chi connectivity index (χ2v) is 8.60. The Balaban J connectivity index is 2.16. The quantitative estimate of drug-likeness (QED) is 0.853. The Hall–Kier alpha value is -1.31. The highest BCUT2D eigenvalue weighted by Gasteiger charge is 2.30. The van der Waals surface area contributed by atoms with E-state index in [1.54, 1.807) is 31.2 Å². The van der Waals surface area contributed by atoms with Crippen molar-refractivity contribution in [2.75, 3.05) is 30.7 Å². The van der Waals surface area contributed by atoms with Crippen molar-refractivity contribution < 1.29 is 13.2 Å². The Labute approximate surface area is 148 Å². The Morgan fingerprint density at radius 2 is 2.00 bits per heavy atom. The van der Waals surface area contributed by atoms with E-state index in [1.807, 2.05) is 7.05 Å². The molecule has 1 atom stereocenters. The average molecular weight is 374 g/mol. The minimum atomic E-state index is -3.62. The highest BCUT2D eigenvalue weighted by Crippen LogP contribution is 2.24. The average Bonchev–Trinajstić information content (AvgIpc) is 2.48. The summed E-state index contributed by atoms with van der Waals surface area (Å²) >= 11 is 5.97. The summed E-state index contributed by atoms with van der Waals surface area (Å²) in [6, 6.07) is 5.73. The lowest BCUT2D eigenvalue weighted by atomic mass is 10.1. The maximum absolute atomic E-state index is 12.6. The highest BCUT2D eigenvalue weighted by molar-refractivity contribution is 7.92. The molecule has 1 heterocycles. The molecule has 0 aliphatic carbocycles. The number of halogens is 1. The first-order chi connectivity index (χ1) is 11.2. The molecule has 1 aromatic carbocycles. The van der Waals surface area contributed by atoms with Crippen molar-refractivity contribution in [3.05, 3.63) is 29.3 Å². The molecule has 134 valence electrons. The van der Waals surface area contributed by atoms with Gasteiger partial charge in [-0.25, -0.2) is 8.42 Å². The van der Waals surface area contributed by atoms with Crippen molar-refractivity contribution in [3.8, 4) is 0 Å². The van der Waals surface area contributed by atoms with Gasteiger partial charge < -0.3 is 10.2 Å². The van der Waals surface area contributed by atoms with E-state index in [9.17, 15) is 13.2 Å². The molecule has 0 aromatic heterocycles. The molecule has 0 unspecified atom stereocenters. The van der Waals surface area contributed by atoms with Gasteiger partial charge in [0.2, 0.25) is 15.9 Å². The number of nitrogens with zero attached hydrogens (tertiary/aromatic N) is 2. The van der Waals surface area contributed by atoms with Crippen LogP contribution in [0.4, 0.5) is 5.69 Å². The van der Waals surface area contributed by atoms with Crippen molar-refractivity contribution in [1.82, 2.24) is 10.2 Å². The first-order valence-corrected chi connectivity index (χ1v) is 10.1. The second kappa shape index (κ2) is 7.72. The number of hydrogen-bond acceptors (Lipinski definition) is 4. The van der Waals surface area contributed by atoms with Crippen LogP contribution in [0.3, 0.4) is 0 Å². The van der Waals surface area contributed by atoms with Crippen LogP contribution in [-0.4, -0.2) is 57.7 Å². The number of piperidine rings is 1. The summed E-state index contributed by atoms with van der Waals surface area (Å²) in [6.45, 7) is 3.43. The van der Waals surface area contributed by atoms with E-state index in [2.05, 4.69) is 10.2 Å². The highest BCUT2D eigenvalue weighted by atomic mass is 35.5. The molecule has 1 N–H and O–H groups in total. The zero-order valence-corrected chi connectivity index (χ0v) is 15.8. The zero-order valence-electron chi connectivity index (χ0n) is 14.2. The molecule has 8 heteroatoms. The maximum atomic E-state index is 12.6. The fraction of sp³-hybridized carbons (Fsp3) is 0.562. The number of likely N-dealkylation sites (tertiary alicyclic amines) is 1. The van der Waals surface area contributed by atoms with E-state index < -0.39 is 16.1 Å². The molecule has 1 saturated heterocycles. The minimum absolute atomic E-state index is 0.0805. The first-order valence-electron chi connectivity index (χ1n) is 7.92. The minimum Gasteiger partial charge on any atom is -0.351 e. The predicted molar refractivity (Wildman–Crippen MR) is 96.9 cm³/mol. The van der Waals surface area contributed by atoms with E-state index in [4.69, 9.17) is 11.6 Å². The van der Waals surface area contributed by atoms with E-state index >= 15 is 0 Å². The van der Waals surface area contributed by atoms with Gasteiger partial charge in [0, 0.05) is 11.1 Å². The van der Waals surface area contributed by atoms with Crippen molar-refractivity contribution >= 4 is 33.2 Å². The van der Waals surface area contributed by atoms with E-state index in [0.717, 1.165) is 36.5 Å². The predicted octanol–water partition coefficient (Wildman–Crippen LogP) is 1.70. The first kappa shape index (κ1) is 19.0. The lowest BCUT2D eigenvalue weighted by molar-refractivity contribution is -0.122. The van der Waals surface area contributed by atoms with Crippen molar-refractivity contribution in [1.29, 1.82) is 0 Å². The fourth-order valence-electron chi connectivity index (χ4n) is 2.90. The van der Waals surface area contributed by atoms with Gasteiger partial charge in [-0.2, -0.15) is 0 Å². The number of carbonyl (C=O) groups is 1. The van der Waals surface area contributed by atoms with Gasteiger partial charge in [-0.3, -0.25) is 9.10 Å². The van der Waals surface area contributed by atoms with Crippen LogP contribution in [0.2, 0.25) is 5.02 Å². The number of anilines is 1. The third-order valence-corrected chi connectivity index (χ3v) is 5.69. The smallest absolute Gasteiger partial charge is 0.243 e. The maximum Gasteiger partial charge on any atom is 0.243 e. The molecule has 6 nitrogen and oxygen atoms in total. The Bertz CT molecular complexity index is 688. The van der Waals surface area contributed by atoms with E-state index in [1.165, 1.54) is 0 Å². The number of rotatable bonds is 5. The van der Waals surface area contributed by atoms with Gasteiger partial charge in [-0.05, 0) is 58.1 Å². The van der Waals surface area contributed by atoms with Crippen LogP contribution in [0.25, 0.3) is 0 Å². The molecule has 1 aliphatic heterocycles. The van der Waals surface area contributed by atoms with E-state index in [0.29, 0.717) is 10.7 Å². The zero-order chi connectivity index (χ0) is 17.9. The lowest BCUT2D eigenvalue weighted by Crippen LogP contribution is -2.52. The van der Waals surface area contributed by atoms with Gasteiger partial charge in [0.15, 0.2) is 0 Å². The van der Waals surface area contributed by atoms with Gasteiger partial charge in [0.25, 0.3) is 0 Å². The van der Waals surface area contributed by atoms with Crippen LogP contribution < -0.4 is 9.62 Å². The Morgan fingerprint density at radius 3 is 2.54 bits per heavy atom. The second-order valence-electron chi connectivity index (χ2n) is 6.30. The molecule has 0 spiro atoms. The molecule has 1 aromatic rings. The molecule has 0 radical (unpaired) electrons. The topological polar surface area (TPSA) is 69.7 Å². The van der Waals surface area contributed by atoms with Crippen molar-refractivity contribution in [2.45, 2.75) is 31.8 Å². The number of hydrogen-bond donors (Lipinski definition) is 1. The fourth-order valence-corrected chi connectivity index (χ4v) is 4.25. The van der Waals surface area contributed by atoms with Crippen LogP contribution in [0.15, 0.2) is 24.3 Å². The van der Waals surface area contributed by atoms with Crippen LogP contribution in [0, 0.1) is 0 Å². The van der Waals surface area contributed by atoms with Crippen molar-refractivity contribution in [3.63, 3.8) is 0 Å².